The van der Waals surface area contributed by atoms with Crippen molar-refractivity contribution in [3.8, 4) is 0 Å². The first-order valence-electron chi connectivity index (χ1n) is 6.44. The van der Waals surface area contributed by atoms with E-state index in [9.17, 15) is 4.79 Å². The Morgan fingerprint density at radius 3 is 3.12 bits per heavy atom. The van der Waals surface area contributed by atoms with E-state index in [-0.39, 0.29) is 6.10 Å². The number of rotatable bonds is 2. The zero-order chi connectivity index (χ0) is 11.3. The monoisotopic (exact) mass is 220 g/mol. The molecule has 0 aromatic carbocycles. The minimum absolute atomic E-state index is 0.179. The molecule has 88 valence electrons. The molecule has 0 spiro atoms. The molecule has 0 saturated heterocycles. The molecule has 0 heterocycles. The first-order valence-corrected chi connectivity index (χ1v) is 6.44. The Morgan fingerprint density at radius 1 is 1.56 bits per heavy atom. The first kappa shape index (κ1) is 10.4. The number of carbonyl (C=O) groups is 1. The van der Waals surface area contributed by atoms with Crippen LogP contribution in [0.1, 0.15) is 39.5 Å². The summed E-state index contributed by atoms with van der Waals surface area (Å²) in [5.41, 5.74) is 1.83. The largest absolute Gasteiger partial charge is 0.464 e. The average Bonchev–Trinajstić information content (AvgIpc) is 2.73. The predicted molar refractivity (Wildman–Crippen MR) is 61.7 cm³/mol. The Kier molecular flexibility index (Phi) is 2.17. The molecule has 2 nitrogen and oxygen atoms in total. The fraction of sp³-hybridized carbons (Fsp3) is 0.786. The van der Waals surface area contributed by atoms with Crippen molar-refractivity contribution in [2.75, 3.05) is 0 Å². The second-order valence-corrected chi connectivity index (χ2v) is 6.01. The van der Waals surface area contributed by atoms with Gasteiger partial charge in [-0.2, -0.15) is 0 Å². The van der Waals surface area contributed by atoms with Gasteiger partial charge in [-0.05, 0) is 50.4 Å². The number of allylic oxidation sites excluding steroid dienone is 2. The zero-order valence-electron chi connectivity index (χ0n) is 10.1. The van der Waals surface area contributed by atoms with Gasteiger partial charge in [0.25, 0.3) is 6.47 Å². The quantitative estimate of drug-likeness (QED) is 0.528. The summed E-state index contributed by atoms with van der Waals surface area (Å²) in [4.78, 5) is 10.7. The summed E-state index contributed by atoms with van der Waals surface area (Å²) in [7, 11) is 0. The molecular weight excluding hydrogens is 200 g/mol. The lowest BCUT2D eigenvalue weighted by molar-refractivity contribution is -0.144. The highest BCUT2D eigenvalue weighted by atomic mass is 16.5. The maximum Gasteiger partial charge on any atom is 0.293 e. The molecule has 0 unspecified atom stereocenters. The Bertz CT molecular complexity index is 347. The molecule has 3 aliphatic rings. The van der Waals surface area contributed by atoms with Crippen LogP contribution in [0.4, 0.5) is 0 Å². The van der Waals surface area contributed by atoms with Crippen molar-refractivity contribution in [2.45, 2.75) is 45.6 Å². The normalized spacial score (nSPS) is 49.8. The van der Waals surface area contributed by atoms with E-state index in [1.165, 1.54) is 24.8 Å². The molecule has 3 rings (SSSR count). The highest BCUT2D eigenvalue weighted by Crippen LogP contribution is 2.66. The van der Waals surface area contributed by atoms with Gasteiger partial charge in [-0.1, -0.05) is 18.6 Å². The molecule has 0 amide bonds. The second kappa shape index (κ2) is 3.35. The van der Waals surface area contributed by atoms with Gasteiger partial charge in [0, 0.05) is 5.41 Å². The van der Waals surface area contributed by atoms with Crippen molar-refractivity contribution in [3.63, 3.8) is 0 Å². The third-order valence-corrected chi connectivity index (χ3v) is 5.49. The van der Waals surface area contributed by atoms with Crippen molar-refractivity contribution in [1.82, 2.24) is 0 Å². The molecule has 2 saturated carbocycles. The van der Waals surface area contributed by atoms with Crippen LogP contribution >= 0.6 is 0 Å². The number of hydrogen-bond donors (Lipinski definition) is 0. The van der Waals surface area contributed by atoms with E-state index in [0.717, 1.165) is 18.3 Å². The van der Waals surface area contributed by atoms with Gasteiger partial charge in [-0.15, -0.1) is 0 Å². The Hall–Kier alpha value is -0.790. The number of hydrogen-bond acceptors (Lipinski definition) is 2. The average molecular weight is 220 g/mol. The molecule has 2 bridgehead atoms. The summed E-state index contributed by atoms with van der Waals surface area (Å²) in [6.45, 7) is 5.18. The molecule has 0 N–H and O–H groups in total. The third-order valence-electron chi connectivity index (χ3n) is 5.49. The van der Waals surface area contributed by atoms with Crippen LogP contribution < -0.4 is 0 Å². The van der Waals surface area contributed by atoms with Gasteiger partial charge >= 0.3 is 0 Å². The molecule has 2 heteroatoms. The summed E-state index contributed by atoms with van der Waals surface area (Å²) in [6.07, 6.45) is 7.51. The fourth-order valence-electron chi connectivity index (χ4n) is 4.82. The van der Waals surface area contributed by atoms with E-state index in [1.54, 1.807) is 0 Å². The van der Waals surface area contributed by atoms with Crippen LogP contribution in [0.5, 0.6) is 0 Å². The summed E-state index contributed by atoms with van der Waals surface area (Å²) in [5, 5.41) is 0. The van der Waals surface area contributed by atoms with E-state index in [2.05, 4.69) is 19.9 Å². The second-order valence-electron chi connectivity index (χ2n) is 6.01. The lowest BCUT2D eigenvalue weighted by Crippen LogP contribution is -2.39. The standard InChI is InChI=1S/C14H20O2/c1-9-3-5-14-6-4-11(12(14)7-9)10(2)13(14)16-8-15/h3,8,10-13H,4-7H2,1-2H3/t10-,11+,12+,13+,14-/m0/s1. The van der Waals surface area contributed by atoms with E-state index >= 15 is 0 Å². The van der Waals surface area contributed by atoms with Crippen LogP contribution in [0.25, 0.3) is 0 Å². The predicted octanol–water partition coefficient (Wildman–Crippen LogP) is 2.93. The molecule has 0 aromatic heterocycles. The van der Waals surface area contributed by atoms with Gasteiger partial charge in [0.15, 0.2) is 0 Å². The summed E-state index contributed by atoms with van der Waals surface area (Å²) in [5.74, 6) is 2.12. The summed E-state index contributed by atoms with van der Waals surface area (Å²) >= 11 is 0. The molecule has 16 heavy (non-hydrogen) atoms. The molecule has 5 atom stereocenters. The maximum absolute atomic E-state index is 10.7. The highest BCUT2D eigenvalue weighted by molar-refractivity contribution is 5.39. The maximum atomic E-state index is 10.7. The highest BCUT2D eigenvalue weighted by Gasteiger charge is 2.63. The van der Waals surface area contributed by atoms with Crippen LogP contribution in [0, 0.1) is 23.2 Å². The Morgan fingerprint density at radius 2 is 2.38 bits per heavy atom. The SMILES string of the molecule is CC1=CC[C@@]23CC[C@H]([C@H](C)[C@H]2OC=O)[C@H]3C1. The first-order chi connectivity index (χ1) is 7.69. The van der Waals surface area contributed by atoms with Crippen molar-refractivity contribution >= 4 is 6.47 Å². The molecule has 2 fully saturated rings. The van der Waals surface area contributed by atoms with Gasteiger partial charge in [0.2, 0.25) is 0 Å². The van der Waals surface area contributed by atoms with E-state index in [4.69, 9.17) is 4.74 Å². The lowest BCUT2D eigenvalue weighted by atomic mass is 9.68. The molecule has 0 radical (unpaired) electrons. The minimum atomic E-state index is 0.179. The van der Waals surface area contributed by atoms with Crippen molar-refractivity contribution < 1.29 is 9.53 Å². The minimum Gasteiger partial charge on any atom is -0.464 e. The van der Waals surface area contributed by atoms with Crippen LogP contribution in [0.2, 0.25) is 0 Å². The van der Waals surface area contributed by atoms with Crippen molar-refractivity contribution in [1.29, 1.82) is 0 Å². The van der Waals surface area contributed by atoms with E-state index < -0.39 is 0 Å². The number of carbonyl (C=O) groups excluding carboxylic acids is 1. The van der Waals surface area contributed by atoms with E-state index in [1.807, 2.05) is 0 Å². The zero-order valence-corrected chi connectivity index (χ0v) is 10.1. The number of ether oxygens (including phenoxy) is 1. The van der Waals surface area contributed by atoms with Crippen LogP contribution in [-0.4, -0.2) is 12.6 Å². The third kappa shape index (κ3) is 1.11. The van der Waals surface area contributed by atoms with Crippen LogP contribution in [-0.2, 0) is 9.53 Å². The van der Waals surface area contributed by atoms with Gasteiger partial charge < -0.3 is 4.74 Å². The Labute approximate surface area is 97.1 Å². The smallest absolute Gasteiger partial charge is 0.293 e. The van der Waals surface area contributed by atoms with Crippen LogP contribution in [0.15, 0.2) is 11.6 Å². The van der Waals surface area contributed by atoms with Crippen LogP contribution in [0.3, 0.4) is 0 Å². The summed E-state index contributed by atoms with van der Waals surface area (Å²) in [6, 6.07) is 0. The molecular formula is C14H20O2. The molecule has 3 aliphatic carbocycles. The van der Waals surface area contributed by atoms with Gasteiger partial charge in [-0.3, -0.25) is 4.79 Å². The van der Waals surface area contributed by atoms with Gasteiger partial charge in [0.1, 0.15) is 6.10 Å². The molecule has 0 aromatic rings. The summed E-state index contributed by atoms with van der Waals surface area (Å²) < 4.78 is 5.43. The topological polar surface area (TPSA) is 26.3 Å². The van der Waals surface area contributed by atoms with Crippen molar-refractivity contribution in [2.24, 2.45) is 23.2 Å². The lowest BCUT2D eigenvalue weighted by Gasteiger charge is -2.40. The Balaban J connectivity index is 1.97. The van der Waals surface area contributed by atoms with Gasteiger partial charge in [0.05, 0.1) is 0 Å². The van der Waals surface area contributed by atoms with E-state index in [0.29, 0.717) is 17.8 Å². The fourth-order valence-corrected chi connectivity index (χ4v) is 4.82. The molecule has 0 aliphatic heterocycles. The van der Waals surface area contributed by atoms with Crippen molar-refractivity contribution in [3.05, 3.63) is 11.6 Å². The van der Waals surface area contributed by atoms with Gasteiger partial charge in [-0.25, -0.2) is 0 Å².